The van der Waals surface area contributed by atoms with Gasteiger partial charge in [0.05, 0.1) is 0 Å². The topological polar surface area (TPSA) is 35.2 Å². The van der Waals surface area contributed by atoms with E-state index in [1.54, 1.807) is 25.1 Å². The third-order valence-electron chi connectivity index (χ3n) is 2.81. The van der Waals surface area contributed by atoms with Crippen LogP contribution in [0.25, 0.3) is 0 Å². The van der Waals surface area contributed by atoms with Crippen molar-refractivity contribution in [2.24, 2.45) is 5.73 Å². The van der Waals surface area contributed by atoms with Gasteiger partial charge in [-0.3, -0.25) is 0 Å². The van der Waals surface area contributed by atoms with Crippen molar-refractivity contribution < 1.29 is 9.13 Å². The fourth-order valence-corrected chi connectivity index (χ4v) is 1.93. The molecule has 2 N–H and O–H groups in total. The molecule has 0 aromatic heterocycles. The minimum absolute atomic E-state index is 0.302. The Hall–Kier alpha value is -1.58. The Bertz CT molecular complexity index is 572. The van der Waals surface area contributed by atoms with Crippen molar-refractivity contribution in [3.63, 3.8) is 0 Å². The van der Waals surface area contributed by atoms with Gasteiger partial charge in [0.15, 0.2) is 0 Å². The quantitative estimate of drug-likeness (QED) is 0.915. The fourth-order valence-electron chi connectivity index (χ4n) is 1.74. The van der Waals surface area contributed by atoms with Crippen LogP contribution in [0.15, 0.2) is 42.5 Å². The van der Waals surface area contributed by atoms with Crippen LogP contribution in [0.5, 0.6) is 5.75 Å². The van der Waals surface area contributed by atoms with E-state index in [0.29, 0.717) is 22.9 Å². The van der Waals surface area contributed by atoms with Gasteiger partial charge in [0.1, 0.15) is 18.2 Å². The molecule has 19 heavy (non-hydrogen) atoms. The van der Waals surface area contributed by atoms with E-state index in [4.69, 9.17) is 22.1 Å². The molecule has 2 aromatic carbocycles. The Labute approximate surface area is 117 Å². The summed E-state index contributed by atoms with van der Waals surface area (Å²) in [6.45, 7) is 2.04. The molecule has 1 atom stereocenters. The van der Waals surface area contributed by atoms with Crippen LogP contribution in [0, 0.1) is 5.82 Å². The van der Waals surface area contributed by atoms with Gasteiger partial charge in [-0.05, 0) is 19.1 Å². The van der Waals surface area contributed by atoms with Gasteiger partial charge in [-0.15, -0.1) is 0 Å². The Morgan fingerprint density at radius 2 is 2.00 bits per heavy atom. The van der Waals surface area contributed by atoms with Crippen molar-refractivity contribution in [1.29, 1.82) is 0 Å². The van der Waals surface area contributed by atoms with E-state index >= 15 is 0 Å². The van der Waals surface area contributed by atoms with E-state index in [2.05, 4.69) is 0 Å². The molecular weight excluding hydrogens is 265 g/mol. The van der Waals surface area contributed by atoms with Gasteiger partial charge >= 0.3 is 0 Å². The molecule has 0 radical (unpaired) electrons. The molecular formula is C15H15ClFNO. The normalized spacial score (nSPS) is 12.2. The van der Waals surface area contributed by atoms with Crippen LogP contribution in [0.2, 0.25) is 5.02 Å². The van der Waals surface area contributed by atoms with Crippen LogP contribution < -0.4 is 10.5 Å². The average molecular weight is 280 g/mol. The summed E-state index contributed by atoms with van der Waals surface area (Å²) in [6.07, 6.45) is 0. The lowest BCUT2D eigenvalue weighted by atomic mass is 10.1. The van der Waals surface area contributed by atoms with Gasteiger partial charge in [-0.25, -0.2) is 4.39 Å². The molecule has 0 aliphatic carbocycles. The minimum atomic E-state index is -0.355. The first-order chi connectivity index (χ1) is 9.08. The van der Waals surface area contributed by atoms with Crippen molar-refractivity contribution in [1.82, 2.24) is 0 Å². The van der Waals surface area contributed by atoms with E-state index in [-0.39, 0.29) is 11.9 Å². The van der Waals surface area contributed by atoms with Crippen LogP contribution in [0.3, 0.4) is 0 Å². The van der Waals surface area contributed by atoms with Gasteiger partial charge < -0.3 is 10.5 Å². The van der Waals surface area contributed by atoms with E-state index < -0.39 is 0 Å². The molecule has 0 aliphatic rings. The second-order valence-electron chi connectivity index (χ2n) is 4.35. The van der Waals surface area contributed by atoms with Crippen molar-refractivity contribution in [2.75, 3.05) is 0 Å². The average Bonchev–Trinajstić information content (AvgIpc) is 2.37. The molecule has 0 spiro atoms. The van der Waals surface area contributed by atoms with Crippen molar-refractivity contribution in [3.8, 4) is 5.75 Å². The lowest BCUT2D eigenvalue weighted by Gasteiger charge is -2.11. The summed E-state index contributed by atoms with van der Waals surface area (Å²) in [5.74, 6) is 0.105. The smallest absolute Gasteiger partial charge is 0.131 e. The molecule has 2 aromatic rings. The highest BCUT2D eigenvalue weighted by molar-refractivity contribution is 6.31. The fraction of sp³-hybridized carbons (Fsp3) is 0.200. The maximum Gasteiger partial charge on any atom is 0.131 e. The molecule has 0 saturated heterocycles. The lowest BCUT2D eigenvalue weighted by Crippen LogP contribution is -2.07. The molecule has 100 valence electrons. The highest BCUT2D eigenvalue weighted by Crippen LogP contribution is 2.22. The SMILES string of the molecule is C[C@H](N)c1ccc(OCc2ccccc2Cl)cc1F. The van der Waals surface area contributed by atoms with Crippen molar-refractivity contribution in [3.05, 3.63) is 64.4 Å². The number of ether oxygens (including phenoxy) is 1. The maximum atomic E-state index is 13.7. The molecule has 0 aliphatic heterocycles. The number of benzene rings is 2. The van der Waals surface area contributed by atoms with E-state index in [1.165, 1.54) is 6.07 Å². The van der Waals surface area contributed by atoms with Gasteiger partial charge in [0.2, 0.25) is 0 Å². The van der Waals surface area contributed by atoms with Crippen molar-refractivity contribution >= 4 is 11.6 Å². The zero-order valence-electron chi connectivity index (χ0n) is 10.6. The zero-order chi connectivity index (χ0) is 13.8. The van der Waals surface area contributed by atoms with Crippen LogP contribution >= 0.6 is 11.6 Å². The summed E-state index contributed by atoms with van der Waals surface area (Å²) in [4.78, 5) is 0. The van der Waals surface area contributed by atoms with Crippen LogP contribution in [-0.4, -0.2) is 0 Å². The molecule has 2 nitrogen and oxygen atoms in total. The summed E-state index contributed by atoms with van der Waals surface area (Å²) in [5.41, 5.74) is 6.99. The number of halogens is 2. The highest BCUT2D eigenvalue weighted by atomic mass is 35.5. The van der Waals surface area contributed by atoms with Crippen LogP contribution in [0.4, 0.5) is 4.39 Å². The predicted octanol–water partition coefficient (Wildman–Crippen LogP) is 4.08. The first-order valence-corrected chi connectivity index (χ1v) is 6.37. The molecule has 4 heteroatoms. The molecule has 0 saturated carbocycles. The Balaban J connectivity index is 2.08. The van der Waals surface area contributed by atoms with Gasteiger partial charge in [-0.1, -0.05) is 35.9 Å². The zero-order valence-corrected chi connectivity index (χ0v) is 11.3. The second kappa shape index (κ2) is 6.04. The van der Waals surface area contributed by atoms with E-state index in [1.807, 2.05) is 18.2 Å². The van der Waals surface area contributed by atoms with Gasteiger partial charge in [0, 0.05) is 28.3 Å². The summed E-state index contributed by atoms with van der Waals surface area (Å²) >= 11 is 6.02. The number of hydrogen-bond acceptors (Lipinski definition) is 2. The van der Waals surface area contributed by atoms with E-state index in [0.717, 1.165) is 5.56 Å². The van der Waals surface area contributed by atoms with Crippen molar-refractivity contribution in [2.45, 2.75) is 19.6 Å². The third-order valence-corrected chi connectivity index (χ3v) is 3.18. The summed E-state index contributed by atoms with van der Waals surface area (Å²) in [5, 5.41) is 0.634. The van der Waals surface area contributed by atoms with Crippen LogP contribution in [-0.2, 0) is 6.61 Å². The van der Waals surface area contributed by atoms with Gasteiger partial charge in [-0.2, -0.15) is 0 Å². The Morgan fingerprint density at radius 3 is 2.63 bits per heavy atom. The van der Waals surface area contributed by atoms with Gasteiger partial charge in [0.25, 0.3) is 0 Å². The summed E-state index contributed by atoms with van der Waals surface area (Å²) in [7, 11) is 0. The summed E-state index contributed by atoms with van der Waals surface area (Å²) < 4.78 is 19.2. The Morgan fingerprint density at radius 1 is 1.26 bits per heavy atom. The molecule has 0 heterocycles. The number of nitrogens with two attached hydrogens (primary N) is 1. The minimum Gasteiger partial charge on any atom is -0.489 e. The molecule has 0 bridgehead atoms. The molecule has 0 fully saturated rings. The summed E-state index contributed by atoms with van der Waals surface area (Å²) in [6, 6.07) is 11.7. The van der Waals surface area contributed by atoms with E-state index in [9.17, 15) is 4.39 Å². The highest BCUT2D eigenvalue weighted by Gasteiger charge is 2.08. The number of hydrogen-bond donors (Lipinski definition) is 1. The lowest BCUT2D eigenvalue weighted by molar-refractivity contribution is 0.304. The monoisotopic (exact) mass is 279 g/mol. The third kappa shape index (κ3) is 3.46. The standard InChI is InChI=1S/C15H15ClFNO/c1-10(18)13-7-6-12(8-15(13)17)19-9-11-4-2-3-5-14(11)16/h2-8,10H,9,18H2,1H3/t10-/m0/s1. The number of rotatable bonds is 4. The Kier molecular flexibility index (Phi) is 4.40. The maximum absolute atomic E-state index is 13.7. The molecule has 2 rings (SSSR count). The molecule has 0 unspecified atom stereocenters. The predicted molar refractivity (Wildman–Crippen MR) is 74.8 cm³/mol. The molecule has 0 amide bonds. The second-order valence-corrected chi connectivity index (χ2v) is 4.76. The first-order valence-electron chi connectivity index (χ1n) is 5.99. The first kappa shape index (κ1) is 13.8. The largest absolute Gasteiger partial charge is 0.489 e. The van der Waals surface area contributed by atoms with Crippen LogP contribution in [0.1, 0.15) is 24.1 Å².